The number of benzene rings is 3. The number of nitrogens with one attached hydrogen (secondary N) is 7. The number of carboxylic acids is 3. The van der Waals surface area contributed by atoms with Gasteiger partial charge in [0, 0.05) is 38.9 Å². The SMILES string of the molecule is CC(C)C[C@H](NC(=O)[C@@H]1CCCN1C(=O)[C@H](Cc1ccc(O)cc1)NC(=O)[C@H](Cc1ccc(O)cc1)NC(=O)[C@@H]1CCCN1C(=O)[C@H](CC(C)C)NC(=O)[C@H](Cc1ccc(O)cc1)NC(=O)[C@H](CC(=O)O)NC(=O)[C@@H](N)CCCN=C(N)N)C(=O)N[C@@H](CC(=O)O)C(=O)O. The molecule has 0 spiro atoms. The summed E-state index contributed by atoms with van der Waals surface area (Å²) in [5, 5.41) is 76.9. The maximum Gasteiger partial charge on any atom is 0.326 e. The smallest absolute Gasteiger partial charge is 0.326 e. The van der Waals surface area contributed by atoms with Crippen LogP contribution in [0.4, 0.5) is 0 Å². The molecule has 0 radical (unpaired) electrons. The number of guanidine groups is 1. The monoisotopic (exact) mass is 1310 g/mol. The van der Waals surface area contributed by atoms with E-state index >= 15 is 0 Å². The number of hydrogen-bond acceptors (Lipinski definition) is 17. The zero-order valence-corrected chi connectivity index (χ0v) is 52.8. The summed E-state index contributed by atoms with van der Waals surface area (Å²) in [4.78, 5) is 171. The fraction of sp³-hybridized carbons (Fsp3) is 0.508. The Morgan fingerprint density at radius 3 is 1.27 bits per heavy atom. The molecule has 2 aliphatic heterocycles. The maximum atomic E-state index is 15.0. The number of carbonyl (C=O) groups is 12. The summed E-state index contributed by atoms with van der Waals surface area (Å²) >= 11 is 0. The number of aliphatic carboxylic acids is 3. The quantitative estimate of drug-likeness (QED) is 0.0185. The Hall–Kier alpha value is -10.1. The summed E-state index contributed by atoms with van der Waals surface area (Å²) in [7, 11) is 0. The molecule has 5 rings (SSSR count). The van der Waals surface area contributed by atoms with E-state index in [1.54, 1.807) is 27.7 Å². The molecule has 0 unspecified atom stereocenters. The van der Waals surface area contributed by atoms with Crippen LogP contribution in [-0.2, 0) is 76.8 Å². The predicted octanol–water partition coefficient (Wildman–Crippen LogP) is -1.29. The Bertz CT molecular complexity index is 3200. The van der Waals surface area contributed by atoms with Crippen molar-refractivity contribution in [3.63, 3.8) is 0 Å². The van der Waals surface area contributed by atoms with Crippen LogP contribution in [-0.4, -0.2) is 198 Å². The van der Waals surface area contributed by atoms with Crippen molar-refractivity contribution in [1.29, 1.82) is 0 Å². The molecule has 9 amide bonds. The van der Waals surface area contributed by atoms with Crippen molar-refractivity contribution in [2.24, 2.45) is 34.0 Å². The average Bonchev–Trinajstić information content (AvgIpc) is 1.44. The van der Waals surface area contributed by atoms with Gasteiger partial charge in [0.1, 0.15) is 71.6 Å². The molecule has 10 atom stereocenters. The molecule has 31 nitrogen and oxygen atoms in total. The molecule has 2 saturated heterocycles. The third-order valence-electron chi connectivity index (χ3n) is 15.7. The molecular weight excluding hydrogens is 1230 g/mol. The number of aromatic hydroxyl groups is 3. The third-order valence-corrected chi connectivity index (χ3v) is 15.7. The van der Waals surface area contributed by atoms with E-state index in [0.717, 1.165) is 0 Å². The number of phenols is 3. The molecule has 0 saturated carbocycles. The van der Waals surface area contributed by atoms with Gasteiger partial charge in [-0.1, -0.05) is 64.1 Å². The summed E-state index contributed by atoms with van der Waals surface area (Å²) < 4.78 is 0. The molecule has 94 heavy (non-hydrogen) atoms. The number of aliphatic imine (C=N–C) groups is 1. The van der Waals surface area contributed by atoms with E-state index in [0.29, 0.717) is 16.7 Å². The molecule has 512 valence electrons. The summed E-state index contributed by atoms with van der Waals surface area (Å²) in [5.74, 6) is -13.5. The molecule has 3 aromatic rings. The van der Waals surface area contributed by atoms with E-state index in [1.807, 2.05) is 0 Å². The highest BCUT2D eigenvalue weighted by molar-refractivity contribution is 6.00. The molecule has 2 fully saturated rings. The number of rotatable bonds is 35. The Balaban J connectivity index is 1.41. The van der Waals surface area contributed by atoms with Crippen molar-refractivity contribution in [3.05, 3.63) is 89.5 Å². The van der Waals surface area contributed by atoms with Gasteiger partial charge in [-0.25, -0.2) is 4.79 Å². The lowest BCUT2D eigenvalue weighted by Gasteiger charge is -2.32. The third kappa shape index (κ3) is 23.6. The lowest BCUT2D eigenvalue weighted by atomic mass is 9.99. The van der Waals surface area contributed by atoms with Gasteiger partial charge in [-0.15, -0.1) is 0 Å². The number of carboxylic acid groups (broad SMARTS) is 3. The fourth-order valence-electron chi connectivity index (χ4n) is 10.9. The number of hydrogen-bond donors (Lipinski definition) is 16. The lowest BCUT2D eigenvalue weighted by molar-refractivity contribution is -0.147. The van der Waals surface area contributed by atoms with Gasteiger partial charge >= 0.3 is 17.9 Å². The Labute approximate surface area is 542 Å². The summed E-state index contributed by atoms with van der Waals surface area (Å²) in [6.45, 7) is 7.13. The second-order valence-electron chi connectivity index (χ2n) is 24.3. The van der Waals surface area contributed by atoms with E-state index in [9.17, 15) is 88.2 Å². The Kier molecular flexibility index (Phi) is 28.3. The normalized spacial score (nSPS) is 17.0. The number of likely N-dealkylation sites (tertiary alicyclic amines) is 2. The van der Waals surface area contributed by atoms with Crippen molar-refractivity contribution in [2.75, 3.05) is 19.6 Å². The Morgan fingerprint density at radius 1 is 0.479 bits per heavy atom. The average molecular weight is 1310 g/mol. The highest BCUT2D eigenvalue weighted by atomic mass is 16.4. The van der Waals surface area contributed by atoms with Crippen LogP contribution in [0.25, 0.3) is 0 Å². The number of nitrogens with two attached hydrogens (primary N) is 3. The predicted molar refractivity (Wildman–Crippen MR) is 337 cm³/mol. The van der Waals surface area contributed by atoms with E-state index in [-0.39, 0.29) is 125 Å². The minimum atomic E-state index is -1.82. The van der Waals surface area contributed by atoms with Gasteiger partial charge in [0.2, 0.25) is 53.2 Å². The number of carbonyl (C=O) groups excluding carboxylic acids is 9. The second kappa shape index (κ2) is 35.7. The van der Waals surface area contributed by atoms with E-state index in [4.69, 9.17) is 17.2 Å². The van der Waals surface area contributed by atoms with Gasteiger partial charge in [0.05, 0.1) is 18.9 Å². The van der Waals surface area contributed by atoms with Crippen molar-refractivity contribution < 1.29 is 88.2 Å². The van der Waals surface area contributed by atoms with Crippen molar-refractivity contribution >= 4 is 77.0 Å². The summed E-state index contributed by atoms with van der Waals surface area (Å²) in [6.07, 6.45) is -1.60. The summed E-state index contributed by atoms with van der Waals surface area (Å²) in [6, 6.07) is 2.45. The van der Waals surface area contributed by atoms with Gasteiger partial charge < -0.3 is 94.9 Å². The molecule has 2 heterocycles. The first kappa shape index (κ1) is 74.7. The molecule has 0 aromatic heterocycles. The van der Waals surface area contributed by atoms with Gasteiger partial charge in [0.15, 0.2) is 5.96 Å². The zero-order chi connectivity index (χ0) is 69.5. The minimum absolute atomic E-state index is 0.00112. The van der Waals surface area contributed by atoms with Crippen LogP contribution < -0.4 is 54.4 Å². The van der Waals surface area contributed by atoms with Gasteiger partial charge in [-0.3, -0.25) is 57.7 Å². The molecule has 3 aromatic carbocycles. The second-order valence-corrected chi connectivity index (χ2v) is 24.3. The van der Waals surface area contributed by atoms with Crippen LogP contribution in [0.5, 0.6) is 17.2 Å². The first-order chi connectivity index (χ1) is 44.4. The van der Waals surface area contributed by atoms with E-state index in [1.165, 1.54) is 82.6 Å². The fourth-order valence-corrected chi connectivity index (χ4v) is 10.9. The molecule has 2 aliphatic rings. The van der Waals surface area contributed by atoms with Crippen molar-refractivity contribution in [3.8, 4) is 17.2 Å². The number of phenolic OH excluding ortho intramolecular Hbond substituents is 3. The van der Waals surface area contributed by atoms with E-state index in [2.05, 4.69) is 42.2 Å². The first-order valence-electron chi connectivity index (χ1n) is 30.9. The summed E-state index contributed by atoms with van der Waals surface area (Å²) in [5.41, 5.74) is 18.1. The van der Waals surface area contributed by atoms with Gasteiger partial charge in [-0.2, -0.15) is 0 Å². The van der Waals surface area contributed by atoms with Crippen LogP contribution >= 0.6 is 0 Å². The van der Waals surface area contributed by atoms with Crippen molar-refractivity contribution in [2.45, 2.75) is 172 Å². The van der Waals surface area contributed by atoms with Gasteiger partial charge in [0.25, 0.3) is 0 Å². The minimum Gasteiger partial charge on any atom is -0.508 e. The molecule has 0 aliphatic carbocycles. The van der Waals surface area contributed by atoms with Crippen LogP contribution in [0.15, 0.2) is 77.8 Å². The first-order valence-corrected chi connectivity index (χ1v) is 30.9. The highest BCUT2D eigenvalue weighted by Crippen LogP contribution is 2.25. The lowest BCUT2D eigenvalue weighted by Crippen LogP contribution is -2.61. The largest absolute Gasteiger partial charge is 0.508 e. The Morgan fingerprint density at radius 2 is 0.830 bits per heavy atom. The number of nitrogens with zero attached hydrogens (tertiary/aromatic N) is 3. The van der Waals surface area contributed by atoms with Crippen LogP contribution in [0.3, 0.4) is 0 Å². The van der Waals surface area contributed by atoms with Crippen LogP contribution in [0, 0.1) is 11.8 Å². The van der Waals surface area contributed by atoms with Crippen LogP contribution in [0.2, 0.25) is 0 Å². The van der Waals surface area contributed by atoms with E-state index < -0.39 is 144 Å². The zero-order valence-electron chi connectivity index (χ0n) is 52.8. The highest BCUT2D eigenvalue weighted by Gasteiger charge is 2.43. The molecular formula is C63H87N13O18. The van der Waals surface area contributed by atoms with Crippen molar-refractivity contribution in [1.82, 2.24) is 47.0 Å². The molecule has 31 heteroatoms. The standard InChI is InChI=1S/C63H87N13O18/c1-33(2)26-42(54(85)74-48(62(93)94)32-52(82)83)70-58(89)49-9-7-25-76(49)61(92)47(30-37-15-21-40(79)22-16-37)73-56(87)44(29-36-13-19-39(78)20-14-36)71-59(90)50-10-6-24-75(50)60(91)46(27-34(3)4)72-55(86)43(28-35-11-17-38(77)18-12-35)69-57(88)45(31-51(80)81)68-53(84)41(64)8-5-23-67-63(65)66/h11-22,33-34,41-50,77-79H,5-10,23-32,64H2,1-4H3,(H,68,84)(H,69,88)(H,70,89)(H,71,90)(H,72,86)(H,73,87)(H,74,85)(H,80,81)(H,82,83)(H,93,94)(H4,65,66,67)/t41-,42-,43-,44-,45-,46-,47-,48-,49-,50-/m0/s1. The molecule has 19 N–H and O–H groups in total. The van der Waals surface area contributed by atoms with Crippen LogP contribution in [0.1, 0.15) is 109 Å². The number of amides is 9. The maximum absolute atomic E-state index is 15.0. The topological polar surface area (TPSA) is 507 Å². The van der Waals surface area contributed by atoms with Gasteiger partial charge in [-0.05, 0) is 116 Å². The molecule has 0 bridgehead atoms.